The molecule has 3 heterocycles. The molecule has 7 nitrogen and oxygen atoms in total. The predicted octanol–water partition coefficient (Wildman–Crippen LogP) is 2.33. The van der Waals surface area contributed by atoms with Gasteiger partial charge in [-0.25, -0.2) is 13.6 Å². The molecule has 2 aliphatic carbocycles. The molecule has 1 saturated carbocycles. The highest BCUT2D eigenvalue weighted by Gasteiger charge is 2.61. The van der Waals surface area contributed by atoms with Crippen molar-refractivity contribution in [2.75, 3.05) is 40.0 Å². The third kappa shape index (κ3) is 3.79. The molecule has 2 aliphatic heterocycles. The first-order valence-electron chi connectivity index (χ1n) is 11.1. The molecule has 0 aromatic carbocycles. The van der Waals surface area contributed by atoms with E-state index in [9.17, 15) is 9.18 Å². The maximum atomic E-state index is 16.1. The number of methoxy groups -OCH3 is 1. The largest absolute Gasteiger partial charge is 0.466 e. The number of morpholine rings is 1. The molecule has 2 fully saturated rings. The van der Waals surface area contributed by atoms with Crippen LogP contribution in [0.5, 0.6) is 0 Å². The summed E-state index contributed by atoms with van der Waals surface area (Å²) >= 11 is 0. The third-order valence-corrected chi connectivity index (χ3v) is 6.81. The van der Waals surface area contributed by atoms with E-state index in [4.69, 9.17) is 14.5 Å². The van der Waals surface area contributed by atoms with E-state index in [-0.39, 0.29) is 12.0 Å². The predicted molar refractivity (Wildman–Crippen MR) is 118 cm³/mol. The molecule has 4 aliphatic rings. The van der Waals surface area contributed by atoms with Crippen molar-refractivity contribution in [1.82, 2.24) is 15.2 Å². The first kappa shape index (κ1) is 21.9. The van der Waals surface area contributed by atoms with Gasteiger partial charge in [0.2, 0.25) is 0 Å². The first-order chi connectivity index (χ1) is 16.0. The van der Waals surface area contributed by atoms with Gasteiger partial charge in [0.1, 0.15) is 23.2 Å². The summed E-state index contributed by atoms with van der Waals surface area (Å²) in [5, 5.41) is 3.26. The fourth-order valence-electron chi connectivity index (χ4n) is 5.32. The second-order valence-corrected chi connectivity index (χ2v) is 8.66. The lowest BCUT2D eigenvalue weighted by atomic mass is 9.74. The maximum Gasteiger partial charge on any atom is 0.338 e. The van der Waals surface area contributed by atoms with Crippen molar-refractivity contribution in [1.29, 1.82) is 0 Å². The summed E-state index contributed by atoms with van der Waals surface area (Å²) in [6.07, 6.45) is 4.59. The van der Waals surface area contributed by atoms with Crippen molar-refractivity contribution in [2.45, 2.75) is 18.1 Å². The normalized spacial score (nSPS) is 31.7. The van der Waals surface area contributed by atoms with Gasteiger partial charge in [0.05, 0.1) is 25.9 Å². The van der Waals surface area contributed by atoms with Crippen molar-refractivity contribution in [3.63, 3.8) is 0 Å². The number of esters is 1. The van der Waals surface area contributed by atoms with E-state index in [1.165, 1.54) is 19.3 Å². The number of ether oxygens (including phenoxy) is 2. The number of aromatic nitrogens is 1. The molecule has 1 aromatic heterocycles. The summed E-state index contributed by atoms with van der Waals surface area (Å²) in [7, 11) is 1.28. The number of amidine groups is 1. The highest BCUT2D eigenvalue weighted by atomic mass is 19.1. The maximum absolute atomic E-state index is 16.1. The van der Waals surface area contributed by atoms with Crippen LogP contribution in [0.2, 0.25) is 0 Å². The van der Waals surface area contributed by atoms with E-state index in [1.54, 1.807) is 24.4 Å². The van der Waals surface area contributed by atoms with E-state index in [1.807, 2.05) is 6.07 Å². The Hall–Kier alpha value is -2.91. The van der Waals surface area contributed by atoms with Crippen molar-refractivity contribution < 1.29 is 23.0 Å². The second-order valence-electron chi connectivity index (χ2n) is 8.66. The number of aliphatic imine (C=N–C) groups is 1. The molecular formula is C24H26F2N4O3. The molecule has 1 N–H and O–H groups in total. The molecule has 0 radical (unpaired) electrons. The number of halogens is 2. The summed E-state index contributed by atoms with van der Waals surface area (Å²) in [5.41, 5.74) is -0.300. The zero-order chi connectivity index (χ0) is 23.0. The van der Waals surface area contributed by atoms with E-state index in [2.05, 4.69) is 15.2 Å². The highest BCUT2D eigenvalue weighted by Crippen LogP contribution is 2.54. The lowest BCUT2D eigenvalue weighted by molar-refractivity contribution is -0.137. The van der Waals surface area contributed by atoms with Crippen LogP contribution < -0.4 is 5.32 Å². The number of pyridine rings is 1. The second kappa shape index (κ2) is 8.79. The number of hydrogen-bond acceptors (Lipinski definition) is 7. The molecule has 5 rings (SSSR count). The Morgan fingerprint density at radius 2 is 2.18 bits per heavy atom. The van der Waals surface area contributed by atoms with E-state index in [0.717, 1.165) is 0 Å². The summed E-state index contributed by atoms with van der Waals surface area (Å²) in [6, 6.07) is 5.39. The third-order valence-electron chi connectivity index (χ3n) is 6.81. The molecular weight excluding hydrogens is 430 g/mol. The summed E-state index contributed by atoms with van der Waals surface area (Å²) < 4.78 is 40.7. The molecule has 174 valence electrons. The van der Waals surface area contributed by atoms with Gasteiger partial charge in [0.25, 0.3) is 0 Å². The number of alkyl halides is 1. The number of fused-ring (bicyclic) bond motifs is 2. The van der Waals surface area contributed by atoms with Gasteiger partial charge >= 0.3 is 5.97 Å². The van der Waals surface area contributed by atoms with Gasteiger partial charge in [-0.3, -0.25) is 14.9 Å². The van der Waals surface area contributed by atoms with Crippen LogP contribution in [0.15, 0.2) is 64.7 Å². The van der Waals surface area contributed by atoms with Crippen molar-refractivity contribution in [3.05, 3.63) is 65.4 Å². The minimum atomic E-state index is -1.54. The molecule has 4 atom stereocenters. The van der Waals surface area contributed by atoms with Crippen LogP contribution >= 0.6 is 0 Å². The minimum Gasteiger partial charge on any atom is -0.466 e. The standard InChI is InChI=1S/C24H26F2N4O3/c1-32-23(31)21-19(14-30-8-10-33-11-9-30)28-22(18-4-2-3-7-27-18)29-24(21)17-6-5-16(25)12-15(17)13-20(24)26/h2-7,12,15,17,20H,8-11,13-14H2,1H3,(H,28,29). The molecule has 1 spiro atoms. The Balaban J connectivity index is 1.67. The fourth-order valence-corrected chi connectivity index (χ4v) is 5.32. The quantitative estimate of drug-likeness (QED) is 0.701. The van der Waals surface area contributed by atoms with Crippen LogP contribution in [-0.4, -0.2) is 73.4 Å². The minimum absolute atomic E-state index is 0.0623. The Morgan fingerprint density at radius 3 is 2.91 bits per heavy atom. The van der Waals surface area contributed by atoms with Gasteiger partial charge in [0.15, 0.2) is 5.84 Å². The molecule has 1 saturated heterocycles. The number of carbonyl (C=O) groups is 1. The zero-order valence-corrected chi connectivity index (χ0v) is 18.3. The van der Waals surface area contributed by atoms with E-state index >= 15 is 4.39 Å². The summed E-state index contributed by atoms with van der Waals surface area (Å²) in [4.78, 5) is 24.5. The highest BCUT2D eigenvalue weighted by molar-refractivity contribution is 6.03. The van der Waals surface area contributed by atoms with Gasteiger partial charge in [0, 0.05) is 37.4 Å². The van der Waals surface area contributed by atoms with E-state index in [0.29, 0.717) is 50.1 Å². The van der Waals surface area contributed by atoms with Gasteiger partial charge in [-0.2, -0.15) is 0 Å². The number of hydrogen-bond donors (Lipinski definition) is 1. The van der Waals surface area contributed by atoms with Gasteiger partial charge < -0.3 is 14.8 Å². The number of allylic oxidation sites excluding steroid dienone is 3. The smallest absolute Gasteiger partial charge is 0.338 e. The fraction of sp³-hybridized carbons (Fsp3) is 0.458. The van der Waals surface area contributed by atoms with E-state index < -0.39 is 35.3 Å². The molecule has 33 heavy (non-hydrogen) atoms. The van der Waals surface area contributed by atoms with Gasteiger partial charge in [-0.15, -0.1) is 0 Å². The lowest BCUT2D eigenvalue weighted by Crippen LogP contribution is -2.53. The number of nitrogens with zero attached hydrogens (tertiary/aromatic N) is 3. The number of carbonyl (C=O) groups excluding carboxylic acids is 1. The summed E-state index contributed by atoms with van der Waals surface area (Å²) in [6.45, 7) is 2.90. The van der Waals surface area contributed by atoms with Crippen LogP contribution in [0.3, 0.4) is 0 Å². The topological polar surface area (TPSA) is 76.0 Å². The average Bonchev–Trinajstić information content (AvgIpc) is 3.09. The molecule has 0 bridgehead atoms. The summed E-state index contributed by atoms with van der Waals surface area (Å²) in [5.74, 6) is -1.59. The Kier molecular flexibility index (Phi) is 5.84. The van der Waals surface area contributed by atoms with Gasteiger partial charge in [-0.1, -0.05) is 12.1 Å². The zero-order valence-electron chi connectivity index (χ0n) is 18.3. The lowest BCUT2D eigenvalue weighted by Gasteiger charge is -2.41. The SMILES string of the molecule is COC(=O)C1=C(CN2CCOCC2)NC(c2ccccn2)=NC12C(F)CC1C=C(F)C=CC12. The van der Waals surface area contributed by atoms with Crippen molar-refractivity contribution in [2.24, 2.45) is 16.8 Å². The van der Waals surface area contributed by atoms with Crippen LogP contribution in [0.25, 0.3) is 0 Å². The average molecular weight is 456 g/mol. The Bertz CT molecular complexity index is 1050. The Morgan fingerprint density at radius 1 is 1.36 bits per heavy atom. The first-order valence-corrected chi connectivity index (χ1v) is 11.1. The van der Waals surface area contributed by atoms with Crippen LogP contribution in [0.1, 0.15) is 12.1 Å². The number of nitrogens with one attached hydrogen (secondary N) is 1. The van der Waals surface area contributed by atoms with Crippen LogP contribution in [0.4, 0.5) is 8.78 Å². The van der Waals surface area contributed by atoms with Crippen LogP contribution in [-0.2, 0) is 14.3 Å². The number of rotatable bonds is 4. The molecule has 0 amide bonds. The monoisotopic (exact) mass is 456 g/mol. The molecule has 9 heteroatoms. The van der Waals surface area contributed by atoms with Crippen molar-refractivity contribution in [3.8, 4) is 0 Å². The van der Waals surface area contributed by atoms with Gasteiger partial charge in [-0.05, 0) is 36.6 Å². The molecule has 1 aromatic rings. The van der Waals surface area contributed by atoms with Crippen molar-refractivity contribution >= 4 is 11.8 Å². The molecule has 4 unspecified atom stereocenters. The Labute approximate surface area is 190 Å². The van der Waals surface area contributed by atoms with Crippen LogP contribution in [0, 0.1) is 11.8 Å².